The van der Waals surface area contributed by atoms with Gasteiger partial charge in [-0.25, -0.2) is 4.39 Å². The second-order valence-corrected chi connectivity index (χ2v) is 9.29. The summed E-state index contributed by atoms with van der Waals surface area (Å²) in [6, 6.07) is 10.5. The van der Waals surface area contributed by atoms with Crippen molar-refractivity contribution in [2.24, 2.45) is 0 Å². The minimum absolute atomic E-state index is 0.0414. The van der Waals surface area contributed by atoms with Crippen LogP contribution in [0.5, 0.6) is 5.75 Å². The second kappa shape index (κ2) is 10.5. The predicted molar refractivity (Wildman–Crippen MR) is 140 cm³/mol. The van der Waals surface area contributed by atoms with Crippen LogP contribution in [0.25, 0.3) is 27.7 Å². The molecular weight excluding hydrogens is 489 g/mol. The van der Waals surface area contributed by atoms with Crippen LogP contribution >= 0.6 is 0 Å². The lowest BCUT2D eigenvalue weighted by Crippen LogP contribution is -2.36. The van der Waals surface area contributed by atoms with Gasteiger partial charge in [0.2, 0.25) is 5.91 Å². The van der Waals surface area contributed by atoms with Crippen LogP contribution in [0.1, 0.15) is 29.0 Å². The van der Waals surface area contributed by atoms with Crippen LogP contribution in [0.15, 0.2) is 59.3 Å². The number of hydrogen-bond donors (Lipinski definition) is 0. The number of aryl methyl sites for hydroxylation is 1. The molecule has 0 atom stereocenters. The Labute approximate surface area is 219 Å². The number of ether oxygens (including phenoxy) is 1. The molecule has 0 bridgehead atoms. The van der Waals surface area contributed by atoms with E-state index in [0.29, 0.717) is 47.5 Å². The fraction of sp³-hybridized carbons (Fsp3) is 0.286. The van der Waals surface area contributed by atoms with Crippen LogP contribution in [0, 0.1) is 5.82 Å². The highest BCUT2D eigenvalue weighted by atomic mass is 19.1. The Morgan fingerprint density at radius 1 is 1.16 bits per heavy atom. The van der Waals surface area contributed by atoms with Gasteiger partial charge in [-0.15, -0.1) is 5.10 Å². The molecule has 2 aromatic carbocycles. The van der Waals surface area contributed by atoms with E-state index in [2.05, 4.69) is 10.3 Å². The SMILES string of the molecule is COc1ccccc1-c1cc(C2=CCCN(C(=O)CCn3ccnn3)C2)c(F)c2cc(C(=O)N(C)C)oc12. The third-order valence-electron chi connectivity index (χ3n) is 6.63. The first kappa shape index (κ1) is 25.2. The van der Waals surface area contributed by atoms with Crippen molar-refractivity contribution in [2.45, 2.75) is 19.4 Å². The zero-order valence-corrected chi connectivity index (χ0v) is 21.5. The van der Waals surface area contributed by atoms with Gasteiger partial charge in [0.05, 0.1) is 25.2 Å². The molecule has 3 heterocycles. The number of fused-ring (bicyclic) bond motifs is 1. The fourth-order valence-corrected chi connectivity index (χ4v) is 4.67. The van der Waals surface area contributed by atoms with E-state index in [1.165, 1.54) is 11.0 Å². The molecule has 5 rings (SSSR count). The van der Waals surface area contributed by atoms with Gasteiger partial charge in [0.25, 0.3) is 5.91 Å². The van der Waals surface area contributed by atoms with Gasteiger partial charge in [-0.2, -0.15) is 0 Å². The molecule has 0 spiro atoms. The first-order chi connectivity index (χ1) is 18.4. The first-order valence-corrected chi connectivity index (χ1v) is 12.3. The van der Waals surface area contributed by atoms with Gasteiger partial charge in [-0.1, -0.05) is 29.5 Å². The van der Waals surface area contributed by atoms with Crippen LogP contribution in [0.2, 0.25) is 0 Å². The van der Waals surface area contributed by atoms with E-state index in [0.717, 1.165) is 0 Å². The summed E-state index contributed by atoms with van der Waals surface area (Å²) < 4.78 is 29.2. The summed E-state index contributed by atoms with van der Waals surface area (Å²) in [6.45, 7) is 1.24. The molecule has 2 amide bonds. The number of methoxy groups -OCH3 is 1. The Morgan fingerprint density at radius 2 is 1.97 bits per heavy atom. The van der Waals surface area contributed by atoms with Crippen molar-refractivity contribution in [3.63, 3.8) is 0 Å². The Hall–Kier alpha value is -4.47. The van der Waals surface area contributed by atoms with E-state index in [-0.39, 0.29) is 41.5 Å². The third-order valence-corrected chi connectivity index (χ3v) is 6.63. The summed E-state index contributed by atoms with van der Waals surface area (Å²) in [7, 11) is 4.79. The Morgan fingerprint density at radius 3 is 2.71 bits per heavy atom. The molecule has 4 aromatic rings. The van der Waals surface area contributed by atoms with Gasteiger partial charge >= 0.3 is 0 Å². The molecule has 0 unspecified atom stereocenters. The van der Waals surface area contributed by atoms with E-state index in [1.807, 2.05) is 30.3 Å². The van der Waals surface area contributed by atoms with E-state index < -0.39 is 5.82 Å². The summed E-state index contributed by atoms with van der Waals surface area (Å²) >= 11 is 0. The van der Waals surface area contributed by atoms with Crippen LogP contribution < -0.4 is 4.74 Å². The number of carbonyl (C=O) groups excluding carboxylic acids is 2. The molecule has 9 nitrogen and oxygen atoms in total. The van der Waals surface area contributed by atoms with Crippen molar-refractivity contribution >= 4 is 28.4 Å². The second-order valence-electron chi connectivity index (χ2n) is 9.29. The Balaban J connectivity index is 1.55. The maximum absolute atomic E-state index is 16.1. The lowest BCUT2D eigenvalue weighted by Gasteiger charge is -2.28. The molecule has 1 aliphatic rings. The Bertz CT molecular complexity index is 1520. The van der Waals surface area contributed by atoms with E-state index >= 15 is 4.39 Å². The highest BCUT2D eigenvalue weighted by Gasteiger charge is 2.26. The summed E-state index contributed by atoms with van der Waals surface area (Å²) in [5.41, 5.74) is 2.62. The molecule has 10 heteroatoms. The average Bonchev–Trinajstić information content (AvgIpc) is 3.62. The van der Waals surface area contributed by atoms with Crippen LogP contribution in [0.3, 0.4) is 0 Å². The highest BCUT2D eigenvalue weighted by molar-refractivity contribution is 6.02. The first-order valence-electron chi connectivity index (χ1n) is 12.3. The molecule has 38 heavy (non-hydrogen) atoms. The number of aromatic nitrogens is 3. The minimum Gasteiger partial charge on any atom is -0.496 e. The number of hydrogen-bond acceptors (Lipinski definition) is 6. The number of carbonyl (C=O) groups is 2. The molecule has 1 aliphatic heterocycles. The number of furan rings is 1. The third kappa shape index (κ3) is 4.77. The topological polar surface area (TPSA) is 93.7 Å². The van der Waals surface area contributed by atoms with Crippen molar-refractivity contribution in [2.75, 3.05) is 34.3 Å². The number of benzene rings is 2. The van der Waals surface area contributed by atoms with Crippen LogP contribution in [0.4, 0.5) is 4.39 Å². The van der Waals surface area contributed by atoms with Gasteiger partial charge in [0.15, 0.2) is 5.76 Å². The monoisotopic (exact) mass is 517 g/mol. The van der Waals surface area contributed by atoms with E-state index in [9.17, 15) is 9.59 Å². The smallest absolute Gasteiger partial charge is 0.289 e. The lowest BCUT2D eigenvalue weighted by molar-refractivity contribution is -0.131. The molecule has 0 fully saturated rings. The Kier molecular flexibility index (Phi) is 6.95. The molecular formula is C28H28FN5O4. The molecule has 0 saturated carbocycles. The number of amides is 2. The number of rotatable bonds is 7. The maximum Gasteiger partial charge on any atom is 0.289 e. The number of halogens is 1. The molecule has 0 aliphatic carbocycles. The van der Waals surface area contributed by atoms with Crippen molar-refractivity contribution < 1.29 is 23.1 Å². The van der Waals surface area contributed by atoms with Gasteiger partial charge in [0, 0.05) is 62.6 Å². The van der Waals surface area contributed by atoms with Gasteiger partial charge in [-0.05, 0) is 24.1 Å². The minimum atomic E-state index is -0.497. The number of para-hydroxylation sites is 1. The van der Waals surface area contributed by atoms with Gasteiger partial charge < -0.3 is 19.0 Å². The van der Waals surface area contributed by atoms with Gasteiger partial charge in [0.1, 0.15) is 17.1 Å². The molecule has 2 aromatic heterocycles. The standard InChI is InChI=1S/C28H28FN5O4/c1-32(2)28(36)24-16-22-26(29)20(15-21(27(22)38-24)19-8-4-5-9-23(19)37-3)18-7-6-12-33(17-18)25(35)10-13-34-14-11-30-31-34/h4-5,7-9,11,14-16H,6,10,12-13,17H2,1-3H3. The van der Waals surface area contributed by atoms with Crippen molar-refractivity contribution in [1.29, 1.82) is 0 Å². The van der Waals surface area contributed by atoms with Crippen molar-refractivity contribution in [1.82, 2.24) is 24.8 Å². The van der Waals surface area contributed by atoms with E-state index in [4.69, 9.17) is 9.15 Å². The molecule has 0 saturated heterocycles. The van der Waals surface area contributed by atoms with Gasteiger partial charge in [-0.3, -0.25) is 14.3 Å². The quantitative estimate of drug-likeness (QED) is 0.364. The van der Waals surface area contributed by atoms with Crippen LogP contribution in [-0.4, -0.2) is 70.9 Å². The molecule has 0 N–H and O–H groups in total. The summed E-state index contributed by atoms with van der Waals surface area (Å²) in [6.07, 6.45) is 6.10. The van der Waals surface area contributed by atoms with Crippen molar-refractivity contribution in [3.05, 3.63) is 72.0 Å². The molecule has 196 valence electrons. The summed E-state index contributed by atoms with van der Waals surface area (Å²) in [4.78, 5) is 28.7. The normalized spacial score (nSPS) is 13.5. The van der Waals surface area contributed by atoms with Crippen LogP contribution in [-0.2, 0) is 11.3 Å². The highest BCUT2D eigenvalue weighted by Crippen LogP contribution is 2.41. The largest absolute Gasteiger partial charge is 0.496 e. The average molecular weight is 518 g/mol. The molecule has 0 radical (unpaired) electrons. The zero-order valence-electron chi connectivity index (χ0n) is 21.5. The lowest BCUT2D eigenvalue weighted by atomic mass is 9.93. The number of nitrogens with zero attached hydrogens (tertiary/aromatic N) is 5. The summed E-state index contributed by atoms with van der Waals surface area (Å²) in [5.74, 6) is -0.275. The van der Waals surface area contributed by atoms with E-state index in [1.54, 1.807) is 49.2 Å². The predicted octanol–water partition coefficient (Wildman–Crippen LogP) is 4.25. The fourth-order valence-electron chi connectivity index (χ4n) is 4.67. The van der Waals surface area contributed by atoms with Crippen molar-refractivity contribution in [3.8, 4) is 16.9 Å². The zero-order chi connectivity index (χ0) is 26.8. The summed E-state index contributed by atoms with van der Waals surface area (Å²) in [5, 5.41) is 7.86. The maximum atomic E-state index is 16.1.